The van der Waals surface area contributed by atoms with Crippen LogP contribution < -0.4 is 10.1 Å². The van der Waals surface area contributed by atoms with E-state index in [1.807, 2.05) is 44.2 Å². The molecule has 0 radical (unpaired) electrons. The summed E-state index contributed by atoms with van der Waals surface area (Å²) >= 11 is 0. The van der Waals surface area contributed by atoms with E-state index in [4.69, 9.17) is 4.74 Å². The van der Waals surface area contributed by atoms with Gasteiger partial charge in [-0.25, -0.2) is 0 Å². The van der Waals surface area contributed by atoms with Gasteiger partial charge in [0.25, 0.3) is 5.91 Å². The minimum atomic E-state index is -0.0660. The Kier molecular flexibility index (Phi) is 6.78. The quantitative estimate of drug-likeness (QED) is 0.831. The monoisotopic (exact) mass is 354 g/mol. The molecule has 138 valence electrons. The largest absolute Gasteiger partial charge is 0.493 e. The lowest BCUT2D eigenvalue weighted by Crippen LogP contribution is -2.24. The maximum atomic E-state index is 12.0. The van der Waals surface area contributed by atoms with E-state index >= 15 is 0 Å². The van der Waals surface area contributed by atoms with E-state index < -0.39 is 0 Å². The Morgan fingerprint density at radius 1 is 1.04 bits per heavy atom. The van der Waals surface area contributed by atoms with Crippen molar-refractivity contribution in [1.29, 1.82) is 0 Å². The Hall–Kier alpha value is -2.82. The molecule has 5 heteroatoms. The van der Waals surface area contributed by atoms with Gasteiger partial charge in [0, 0.05) is 26.2 Å². The van der Waals surface area contributed by atoms with Crippen molar-refractivity contribution < 1.29 is 14.3 Å². The van der Waals surface area contributed by atoms with Crippen LogP contribution in [0.3, 0.4) is 0 Å². The average molecular weight is 354 g/mol. The molecule has 0 aromatic heterocycles. The van der Waals surface area contributed by atoms with Gasteiger partial charge in [-0.2, -0.15) is 0 Å². The van der Waals surface area contributed by atoms with Crippen molar-refractivity contribution in [2.24, 2.45) is 0 Å². The molecule has 0 aliphatic heterocycles. The number of carbonyl (C=O) groups is 2. The van der Waals surface area contributed by atoms with Gasteiger partial charge in [-0.15, -0.1) is 0 Å². The van der Waals surface area contributed by atoms with Crippen molar-refractivity contribution >= 4 is 11.8 Å². The fraction of sp³-hybridized carbons (Fsp3) is 0.333. The van der Waals surface area contributed by atoms with Crippen LogP contribution in [-0.2, 0) is 11.3 Å². The van der Waals surface area contributed by atoms with Crippen LogP contribution in [0, 0.1) is 13.8 Å². The first-order valence-electron chi connectivity index (χ1n) is 8.65. The zero-order valence-electron chi connectivity index (χ0n) is 15.8. The number of hydrogen-bond acceptors (Lipinski definition) is 3. The van der Waals surface area contributed by atoms with Crippen LogP contribution in [-0.4, -0.2) is 37.4 Å². The summed E-state index contributed by atoms with van der Waals surface area (Å²) < 4.78 is 5.70. The third kappa shape index (κ3) is 5.34. The summed E-state index contributed by atoms with van der Waals surface area (Å²) in [7, 11) is 3.44. The predicted molar refractivity (Wildman–Crippen MR) is 102 cm³/mol. The number of carbonyl (C=O) groups excluding carboxylic acids is 2. The number of amides is 2. The molecule has 0 saturated heterocycles. The average Bonchev–Trinajstić information content (AvgIpc) is 2.63. The molecule has 5 nitrogen and oxygen atoms in total. The number of ether oxygens (including phenoxy) is 1. The highest BCUT2D eigenvalue weighted by Gasteiger charge is 2.08. The lowest BCUT2D eigenvalue weighted by molar-refractivity contribution is -0.121. The molecule has 0 spiro atoms. The minimum Gasteiger partial charge on any atom is -0.493 e. The van der Waals surface area contributed by atoms with Crippen LogP contribution in [0.5, 0.6) is 5.75 Å². The molecule has 2 rings (SSSR count). The van der Waals surface area contributed by atoms with E-state index in [9.17, 15) is 9.59 Å². The van der Waals surface area contributed by atoms with Crippen LogP contribution in [0.2, 0.25) is 0 Å². The molecule has 0 aliphatic carbocycles. The van der Waals surface area contributed by atoms with E-state index in [0.29, 0.717) is 25.1 Å². The van der Waals surface area contributed by atoms with Gasteiger partial charge in [-0.05, 0) is 48.7 Å². The normalized spacial score (nSPS) is 10.3. The van der Waals surface area contributed by atoms with Gasteiger partial charge in [-0.3, -0.25) is 9.59 Å². The first-order chi connectivity index (χ1) is 12.4. The molecule has 26 heavy (non-hydrogen) atoms. The molecule has 2 aromatic carbocycles. The van der Waals surface area contributed by atoms with E-state index in [0.717, 1.165) is 16.9 Å². The highest BCUT2D eigenvalue weighted by atomic mass is 16.5. The van der Waals surface area contributed by atoms with Crippen molar-refractivity contribution in [2.45, 2.75) is 26.8 Å². The Morgan fingerprint density at radius 3 is 2.38 bits per heavy atom. The predicted octanol–water partition coefficient (Wildman–Crippen LogP) is 3.09. The molecule has 0 heterocycles. The number of benzene rings is 2. The summed E-state index contributed by atoms with van der Waals surface area (Å²) in [5, 5.41) is 2.87. The number of rotatable bonds is 7. The Morgan fingerprint density at radius 2 is 1.73 bits per heavy atom. The zero-order chi connectivity index (χ0) is 19.1. The summed E-state index contributed by atoms with van der Waals surface area (Å²) in [4.78, 5) is 25.3. The van der Waals surface area contributed by atoms with Crippen LogP contribution >= 0.6 is 0 Å². The number of nitrogens with zero attached hydrogens (tertiary/aromatic N) is 1. The smallest absolute Gasteiger partial charge is 0.253 e. The SMILES string of the molecule is Cc1cccc(OCCC(=O)NCc2ccc(C(=O)N(C)C)cc2)c1C. The minimum absolute atomic E-state index is 0.0378. The second-order valence-corrected chi connectivity index (χ2v) is 6.47. The maximum absolute atomic E-state index is 12.0. The number of hydrogen-bond donors (Lipinski definition) is 1. The standard InChI is InChI=1S/C21H26N2O3/c1-15-6-5-7-19(16(15)2)26-13-12-20(24)22-14-17-8-10-18(11-9-17)21(25)23(3)4/h5-11H,12-14H2,1-4H3,(H,22,24). The Balaban J connectivity index is 1.76. The van der Waals surface area contributed by atoms with Gasteiger partial charge in [0.2, 0.25) is 5.91 Å². The van der Waals surface area contributed by atoms with E-state index in [1.54, 1.807) is 26.2 Å². The number of aryl methyl sites for hydroxylation is 1. The summed E-state index contributed by atoms with van der Waals surface area (Å²) in [6.45, 7) is 4.81. The molecular weight excluding hydrogens is 328 g/mol. The van der Waals surface area contributed by atoms with Crippen molar-refractivity contribution in [3.8, 4) is 5.75 Å². The molecule has 0 aliphatic rings. The van der Waals surface area contributed by atoms with Gasteiger partial charge in [0.15, 0.2) is 0 Å². The lowest BCUT2D eigenvalue weighted by Gasteiger charge is -2.12. The highest BCUT2D eigenvalue weighted by molar-refractivity contribution is 5.93. The van der Waals surface area contributed by atoms with E-state index in [1.165, 1.54) is 10.5 Å². The van der Waals surface area contributed by atoms with E-state index in [-0.39, 0.29) is 11.8 Å². The van der Waals surface area contributed by atoms with Crippen LogP contribution in [0.15, 0.2) is 42.5 Å². The fourth-order valence-electron chi connectivity index (χ4n) is 2.45. The summed E-state index contributed by atoms with van der Waals surface area (Å²) in [6.07, 6.45) is 0.296. The topological polar surface area (TPSA) is 58.6 Å². The highest BCUT2D eigenvalue weighted by Crippen LogP contribution is 2.20. The molecule has 0 bridgehead atoms. The van der Waals surface area contributed by atoms with Crippen LogP contribution in [0.1, 0.15) is 33.5 Å². The molecule has 1 N–H and O–H groups in total. The Bertz CT molecular complexity index is 767. The second kappa shape index (κ2) is 9.04. The summed E-state index contributed by atoms with van der Waals surface area (Å²) in [6, 6.07) is 13.1. The number of nitrogens with one attached hydrogen (secondary N) is 1. The summed E-state index contributed by atoms with van der Waals surface area (Å²) in [5.41, 5.74) is 3.85. The van der Waals surface area contributed by atoms with Gasteiger partial charge in [0.1, 0.15) is 5.75 Å². The molecule has 0 saturated carbocycles. The Labute approximate surface area is 155 Å². The van der Waals surface area contributed by atoms with Crippen molar-refractivity contribution in [1.82, 2.24) is 10.2 Å². The molecule has 0 fully saturated rings. The van der Waals surface area contributed by atoms with Crippen LogP contribution in [0.4, 0.5) is 0 Å². The van der Waals surface area contributed by atoms with Crippen LogP contribution in [0.25, 0.3) is 0 Å². The second-order valence-electron chi connectivity index (χ2n) is 6.47. The molecule has 0 atom stereocenters. The third-order valence-electron chi connectivity index (χ3n) is 4.24. The van der Waals surface area contributed by atoms with Gasteiger partial charge < -0.3 is 15.0 Å². The zero-order valence-corrected chi connectivity index (χ0v) is 15.8. The first-order valence-corrected chi connectivity index (χ1v) is 8.65. The van der Waals surface area contributed by atoms with Gasteiger partial charge in [-0.1, -0.05) is 24.3 Å². The molecule has 2 aromatic rings. The molecular formula is C21H26N2O3. The third-order valence-corrected chi connectivity index (χ3v) is 4.24. The lowest BCUT2D eigenvalue weighted by atomic mass is 10.1. The van der Waals surface area contributed by atoms with Gasteiger partial charge in [0.05, 0.1) is 13.0 Å². The maximum Gasteiger partial charge on any atom is 0.253 e. The summed E-state index contributed by atoms with van der Waals surface area (Å²) in [5.74, 6) is 0.715. The van der Waals surface area contributed by atoms with Crippen molar-refractivity contribution in [3.63, 3.8) is 0 Å². The molecule has 2 amide bonds. The van der Waals surface area contributed by atoms with Gasteiger partial charge >= 0.3 is 0 Å². The fourth-order valence-corrected chi connectivity index (χ4v) is 2.45. The van der Waals surface area contributed by atoms with E-state index in [2.05, 4.69) is 5.32 Å². The van der Waals surface area contributed by atoms with Crippen molar-refractivity contribution in [2.75, 3.05) is 20.7 Å². The van der Waals surface area contributed by atoms with Crippen molar-refractivity contribution in [3.05, 3.63) is 64.7 Å². The molecule has 0 unspecified atom stereocenters. The first kappa shape index (κ1) is 19.5.